The lowest BCUT2D eigenvalue weighted by molar-refractivity contribution is 0.409. The maximum Gasteiger partial charge on any atom is 0.123 e. The highest BCUT2D eigenvalue weighted by Crippen LogP contribution is 2.37. The van der Waals surface area contributed by atoms with Gasteiger partial charge in [-0.25, -0.2) is 4.39 Å². The van der Waals surface area contributed by atoms with Crippen LogP contribution in [0.1, 0.15) is 16.0 Å². The Morgan fingerprint density at radius 1 is 1.17 bits per heavy atom. The van der Waals surface area contributed by atoms with Gasteiger partial charge in [-0.1, -0.05) is 44.0 Å². The van der Waals surface area contributed by atoms with Crippen LogP contribution in [-0.2, 0) is 0 Å². The quantitative estimate of drug-likeness (QED) is 0.681. The zero-order valence-electron chi connectivity index (χ0n) is 9.66. The molecule has 0 spiro atoms. The Balaban J connectivity index is 2.44. The van der Waals surface area contributed by atoms with E-state index in [0.29, 0.717) is 5.75 Å². The van der Waals surface area contributed by atoms with Crippen molar-refractivity contribution in [3.63, 3.8) is 0 Å². The van der Waals surface area contributed by atoms with Gasteiger partial charge < -0.3 is 4.74 Å². The molecule has 18 heavy (non-hydrogen) atoms. The molecule has 0 amide bonds. The Kier molecular flexibility index (Phi) is 4.40. The van der Waals surface area contributed by atoms with Crippen LogP contribution in [0.15, 0.2) is 46.9 Å². The third kappa shape index (κ3) is 2.93. The maximum atomic E-state index is 13.4. The fraction of sp³-hybridized carbons (Fsp3) is 0.143. The first-order valence-corrected chi connectivity index (χ1v) is 7.05. The number of ether oxygens (including phenoxy) is 1. The van der Waals surface area contributed by atoms with E-state index in [1.807, 2.05) is 24.3 Å². The molecule has 0 bridgehead atoms. The number of hydrogen-bond acceptors (Lipinski definition) is 1. The zero-order valence-corrected chi connectivity index (χ0v) is 12.8. The minimum absolute atomic E-state index is 0.111. The SMILES string of the molecule is COc1ccc(F)cc1C(Br)c1cccc(Br)c1. The molecular weight excluding hydrogens is 363 g/mol. The van der Waals surface area contributed by atoms with E-state index in [4.69, 9.17) is 4.74 Å². The van der Waals surface area contributed by atoms with E-state index in [-0.39, 0.29) is 10.6 Å². The molecule has 0 N–H and O–H groups in total. The van der Waals surface area contributed by atoms with E-state index in [2.05, 4.69) is 31.9 Å². The molecule has 1 atom stereocenters. The zero-order chi connectivity index (χ0) is 13.1. The Bertz CT molecular complexity index is 557. The van der Waals surface area contributed by atoms with Crippen LogP contribution in [-0.4, -0.2) is 7.11 Å². The molecule has 0 aromatic heterocycles. The Morgan fingerprint density at radius 3 is 2.61 bits per heavy atom. The fourth-order valence-corrected chi connectivity index (χ4v) is 2.81. The molecule has 0 aliphatic carbocycles. The van der Waals surface area contributed by atoms with Gasteiger partial charge in [-0.2, -0.15) is 0 Å². The molecule has 2 aromatic rings. The fourth-order valence-electron chi connectivity index (χ4n) is 1.75. The number of benzene rings is 2. The molecule has 1 unspecified atom stereocenters. The van der Waals surface area contributed by atoms with Crippen molar-refractivity contribution in [1.29, 1.82) is 0 Å². The first-order chi connectivity index (χ1) is 8.61. The summed E-state index contributed by atoms with van der Waals surface area (Å²) in [6.07, 6.45) is 0. The lowest BCUT2D eigenvalue weighted by atomic mass is 10.0. The average molecular weight is 374 g/mol. The van der Waals surface area contributed by atoms with E-state index in [1.54, 1.807) is 13.2 Å². The van der Waals surface area contributed by atoms with E-state index >= 15 is 0 Å². The highest BCUT2D eigenvalue weighted by atomic mass is 79.9. The average Bonchev–Trinajstić information content (AvgIpc) is 2.38. The molecular formula is C14H11Br2FO. The van der Waals surface area contributed by atoms with Crippen LogP contribution < -0.4 is 4.74 Å². The molecule has 0 heterocycles. The van der Waals surface area contributed by atoms with Gasteiger partial charge in [-0.15, -0.1) is 0 Å². The Labute approximate surface area is 122 Å². The molecule has 0 aliphatic rings. The summed E-state index contributed by atoms with van der Waals surface area (Å²) in [6, 6.07) is 12.4. The predicted molar refractivity (Wildman–Crippen MR) is 77.9 cm³/mol. The summed E-state index contributed by atoms with van der Waals surface area (Å²) in [5, 5.41) is 0. The second-order valence-corrected chi connectivity index (χ2v) is 5.64. The standard InChI is InChI=1S/C14H11Br2FO/c1-18-13-6-5-11(17)8-12(13)14(16)9-3-2-4-10(15)7-9/h2-8,14H,1H3. The monoisotopic (exact) mass is 372 g/mol. The first-order valence-electron chi connectivity index (χ1n) is 5.35. The molecule has 2 aromatic carbocycles. The summed E-state index contributed by atoms with van der Waals surface area (Å²) in [5.74, 6) is 0.392. The summed E-state index contributed by atoms with van der Waals surface area (Å²) in [6.45, 7) is 0. The molecule has 0 saturated carbocycles. The minimum atomic E-state index is -0.273. The molecule has 0 fully saturated rings. The van der Waals surface area contributed by atoms with Crippen molar-refractivity contribution in [2.75, 3.05) is 7.11 Å². The number of halogens is 3. The predicted octanol–water partition coefficient (Wildman–Crippen LogP) is 5.08. The van der Waals surface area contributed by atoms with E-state index < -0.39 is 0 Å². The van der Waals surface area contributed by atoms with Gasteiger partial charge >= 0.3 is 0 Å². The topological polar surface area (TPSA) is 9.23 Å². The minimum Gasteiger partial charge on any atom is -0.496 e. The largest absolute Gasteiger partial charge is 0.496 e. The van der Waals surface area contributed by atoms with Crippen molar-refractivity contribution in [1.82, 2.24) is 0 Å². The molecule has 0 saturated heterocycles. The maximum absolute atomic E-state index is 13.4. The molecule has 94 valence electrons. The van der Waals surface area contributed by atoms with Gasteiger partial charge in [0, 0.05) is 10.0 Å². The van der Waals surface area contributed by atoms with Gasteiger partial charge in [-0.3, -0.25) is 0 Å². The Morgan fingerprint density at radius 2 is 1.94 bits per heavy atom. The van der Waals surface area contributed by atoms with Crippen molar-refractivity contribution in [2.45, 2.75) is 4.83 Å². The van der Waals surface area contributed by atoms with Crippen molar-refractivity contribution in [3.8, 4) is 5.75 Å². The molecule has 2 rings (SSSR count). The number of alkyl halides is 1. The summed E-state index contributed by atoms with van der Waals surface area (Å²) < 4.78 is 19.6. The lowest BCUT2D eigenvalue weighted by Crippen LogP contribution is -1.98. The molecule has 0 radical (unpaired) electrons. The second kappa shape index (κ2) is 5.85. The normalized spacial score (nSPS) is 12.2. The first kappa shape index (κ1) is 13.6. The summed E-state index contributed by atoms with van der Waals surface area (Å²) in [4.78, 5) is -0.111. The van der Waals surface area contributed by atoms with Crippen molar-refractivity contribution in [3.05, 3.63) is 63.9 Å². The summed E-state index contributed by atoms with van der Waals surface area (Å²) >= 11 is 7.01. The van der Waals surface area contributed by atoms with E-state index in [0.717, 1.165) is 15.6 Å². The van der Waals surface area contributed by atoms with Crippen molar-refractivity contribution >= 4 is 31.9 Å². The number of methoxy groups -OCH3 is 1. The molecule has 0 aliphatic heterocycles. The third-order valence-corrected chi connectivity index (χ3v) is 4.12. The number of rotatable bonds is 3. The summed E-state index contributed by atoms with van der Waals surface area (Å²) in [7, 11) is 1.58. The number of hydrogen-bond donors (Lipinski definition) is 0. The summed E-state index contributed by atoms with van der Waals surface area (Å²) in [5.41, 5.74) is 1.81. The van der Waals surface area contributed by atoms with Gasteiger partial charge in [0.2, 0.25) is 0 Å². The second-order valence-electron chi connectivity index (χ2n) is 3.80. The van der Waals surface area contributed by atoms with Gasteiger partial charge in [0.05, 0.1) is 11.9 Å². The van der Waals surface area contributed by atoms with Gasteiger partial charge in [0.1, 0.15) is 11.6 Å². The van der Waals surface area contributed by atoms with Gasteiger partial charge in [-0.05, 0) is 35.9 Å². The van der Waals surface area contributed by atoms with Gasteiger partial charge in [0.15, 0.2) is 0 Å². The van der Waals surface area contributed by atoms with Crippen LogP contribution in [0.4, 0.5) is 4.39 Å². The van der Waals surface area contributed by atoms with Crippen LogP contribution in [0, 0.1) is 5.82 Å². The van der Waals surface area contributed by atoms with Crippen molar-refractivity contribution in [2.24, 2.45) is 0 Å². The van der Waals surface area contributed by atoms with Crippen molar-refractivity contribution < 1.29 is 9.13 Å². The van der Waals surface area contributed by atoms with Crippen LogP contribution >= 0.6 is 31.9 Å². The highest BCUT2D eigenvalue weighted by molar-refractivity contribution is 9.10. The third-order valence-electron chi connectivity index (χ3n) is 2.61. The van der Waals surface area contributed by atoms with Crippen LogP contribution in [0.2, 0.25) is 0 Å². The van der Waals surface area contributed by atoms with E-state index in [1.165, 1.54) is 12.1 Å². The van der Waals surface area contributed by atoms with Gasteiger partial charge in [0.25, 0.3) is 0 Å². The Hall–Kier alpha value is -0.870. The lowest BCUT2D eigenvalue weighted by Gasteiger charge is -2.15. The smallest absolute Gasteiger partial charge is 0.123 e. The highest BCUT2D eigenvalue weighted by Gasteiger charge is 2.16. The van der Waals surface area contributed by atoms with Crippen LogP contribution in [0.5, 0.6) is 5.75 Å². The molecule has 4 heteroatoms. The van der Waals surface area contributed by atoms with Crippen LogP contribution in [0.25, 0.3) is 0 Å². The molecule has 1 nitrogen and oxygen atoms in total. The van der Waals surface area contributed by atoms with E-state index in [9.17, 15) is 4.39 Å². The van der Waals surface area contributed by atoms with Crippen LogP contribution in [0.3, 0.4) is 0 Å².